The van der Waals surface area contributed by atoms with Crippen LogP contribution in [0.15, 0.2) is 0 Å². The average molecular weight is 253 g/mol. The van der Waals surface area contributed by atoms with E-state index in [9.17, 15) is 0 Å². The van der Waals surface area contributed by atoms with Crippen LogP contribution in [0.1, 0.15) is 33.6 Å². The van der Waals surface area contributed by atoms with Gasteiger partial charge >= 0.3 is 0 Å². The Kier molecular flexibility index (Phi) is 5.46. The van der Waals surface area contributed by atoms with Gasteiger partial charge in [-0.2, -0.15) is 0 Å². The van der Waals surface area contributed by atoms with Crippen LogP contribution in [0.5, 0.6) is 0 Å². The highest BCUT2D eigenvalue weighted by Crippen LogP contribution is 2.32. The van der Waals surface area contributed by atoms with Crippen molar-refractivity contribution in [3.63, 3.8) is 0 Å². The first kappa shape index (κ1) is 14.3. The smallest absolute Gasteiger partial charge is 0.0137 e. The van der Waals surface area contributed by atoms with Gasteiger partial charge in [-0.25, -0.2) is 0 Å². The van der Waals surface area contributed by atoms with Crippen molar-refractivity contribution in [2.24, 2.45) is 11.8 Å². The Morgan fingerprint density at radius 1 is 1.11 bits per heavy atom. The standard InChI is InChI=1S/C15H31N3/c1-4-17-7-9-18(10-8-17)15-6-5-14(15)12-16-11-13(2)3/h13-16H,4-12H2,1-3H3. The Morgan fingerprint density at radius 2 is 1.83 bits per heavy atom. The normalized spacial score (nSPS) is 30.7. The summed E-state index contributed by atoms with van der Waals surface area (Å²) >= 11 is 0. The molecule has 2 unspecified atom stereocenters. The second kappa shape index (κ2) is 6.88. The average Bonchev–Trinajstić information content (AvgIpc) is 2.34. The molecule has 1 aliphatic heterocycles. The SMILES string of the molecule is CCN1CCN(C2CCC2CNCC(C)C)CC1. The van der Waals surface area contributed by atoms with Crippen LogP contribution in [0.3, 0.4) is 0 Å². The number of hydrogen-bond donors (Lipinski definition) is 1. The molecule has 0 aromatic heterocycles. The molecule has 1 saturated carbocycles. The molecule has 3 heteroatoms. The minimum absolute atomic E-state index is 0.775. The molecular weight excluding hydrogens is 222 g/mol. The molecule has 18 heavy (non-hydrogen) atoms. The van der Waals surface area contributed by atoms with Crippen molar-refractivity contribution in [1.29, 1.82) is 0 Å². The monoisotopic (exact) mass is 253 g/mol. The maximum atomic E-state index is 3.64. The molecule has 1 N–H and O–H groups in total. The first-order valence-corrected chi connectivity index (χ1v) is 7.87. The lowest BCUT2D eigenvalue weighted by molar-refractivity contribution is 0.0222. The summed E-state index contributed by atoms with van der Waals surface area (Å²) in [6.45, 7) is 15.6. The summed E-state index contributed by atoms with van der Waals surface area (Å²) < 4.78 is 0. The largest absolute Gasteiger partial charge is 0.316 e. The molecule has 0 amide bonds. The van der Waals surface area contributed by atoms with Gasteiger partial charge in [0.05, 0.1) is 0 Å². The Morgan fingerprint density at radius 3 is 2.33 bits per heavy atom. The third-order valence-corrected chi connectivity index (χ3v) is 4.66. The van der Waals surface area contributed by atoms with Crippen molar-refractivity contribution in [2.75, 3.05) is 45.8 Å². The first-order valence-electron chi connectivity index (χ1n) is 7.87. The topological polar surface area (TPSA) is 18.5 Å². The number of hydrogen-bond acceptors (Lipinski definition) is 3. The van der Waals surface area contributed by atoms with E-state index in [1.54, 1.807) is 0 Å². The van der Waals surface area contributed by atoms with Crippen molar-refractivity contribution in [1.82, 2.24) is 15.1 Å². The van der Waals surface area contributed by atoms with Crippen LogP contribution < -0.4 is 5.32 Å². The van der Waals surface area contributed by atoms with Crippen LogP contribution in [-0.2, 0) is 0 Å². The molecule has 106 valence electrons. The van der Waals surface area contributed by atoms with Gasteiger partial charge in [-0.05, 0) is 44.3 Å². The molecule has 0 radical (unpaired) electrons. The molecule has 2 rings (SSSR count). The Bertz CT molecular complexity index is 234. The summed E-state index contributed by atoms with van der Waals surface area (Å²) in [7, 11) is 0. The zero-order valence-electron chi connectivity index (χ0n) is 12.5. The van der Waals surface area contributed by atoms with Crippen molar-refractivity contribution in [3.05, 3.63) is 0 Å². The fourth-order valence-electron chi connectivity index (χ4n) is 3.24. The van der Waals surface area contributed by atoms with E-state index in [0.29, 0.717) is 0 Å². The zero-order valence-corrected chi connectivity index (χ0v) is 12.5. The number of nitrogens with one attached hydrogen (secondary N) is 1. The van der Waals surface area contributed by atoms with E-state index in [-0.39, 0.29) is 0 Å². The van der Waals surface area contributed by atoms with Gasteiger partial charge < -0.3 is 10.2 Å². The maximum absolute atomic E-state index is 3.64. The van der Waals surface area contributed by atoms with E-state index >= 15 is 0 Å². The second-order valence-electron chi connectivity index (χ2n) is 6.43. The third kappa shape index (κ3) is 3.69. The molecule has 0 bridgehead atoms. The van der Waals surface area contributed by atoms with Gasteiger partial charge in [-0.15, -0.1) is 0 Å². The Balaban J connectivity index is 1.67. The fourth-order valence-corrected chi connectivity index (χ4v) is 3.24. The number of nitrogens with zero attached hydrogens (tertiary/aromatic N) is 2. The number of rotatable bonds is 6. The summed E-state index contributed by atoms with van der Waals surface area (Å²) in [5.74, 6) is 1.69. The van der Waals surface area contributed by atoms with E-state index in [1.165, 1.54) is 58.7 Å². The minimum atomic E-state index is 0.775. The summed E-state index contributed by atoms with van der Waals surface area (Å²) in [6.07, 6.45) is 2.86. The first-order chi connectivity index (χ1) is 8.70. The molecule has 2 fully saturated rings. The van der Waals surface area contributed by atoms with Gasteiger partial charge in [0.1, 0.15) is 0 Å². The predicted octanol–water partition coefficient (Wildman–Crippen LogP) is 1.65. The molecule has 0 aromatic rings. The van der Waals surface area contributed by atoms with Gasteiger partial charge in [0.2, 0.25) is 0 Å². The molecule has 3 nitrogen and oxygen atoms in total. The lowest BCUT2D eigenvalue weighted by atomic mass is 9.78. The molecule has 0 aromatic carbocycles. The molecule has 1 saturated heterocycles. The Hall–Kier alpha value is -0.120. The van der Waals surface area contributed by atoms with E-state index in [1.807, 2.05) is 0 Å². The van der Waals surface area contributed by atoms with E-state index in [0.717, 1.165) is 17.9 Å². The van der Waals surface area contributed by atoms with Crippen LogP contribution in [0.4, 0.5) is 0 Å². The van der Waals surface area contributed by atoms with Crippen LogP contribution in [0.2, 0.25) is 0 Å². The minimum Gasteiger partial charge on any atom is -0.316 e. The Labute approximate surface area is 113 Å². The van der Waals surface area contributed by atoms with Gasteiger partial charge in [-0.1, -0.05) is 20.8 Å². The van der Waals surface area contributed by atoms with Gasteiger partial charge in [-0.3, -0.25) is 4.90 Å². The summed E-state index contributed by atoms with van der Waals surface area (Å²) in [6, 6.07) is 0.878. The molecule has 0 spiro atoms. The van der Waals surface area contributed by atoms with Gasteiger partial charge in [0, 0.05) is 32.2 Å². The highest BCUT2D eigenvalue weighted by atomic mass is 15.3. The lowest BCUT2D eigenvalue weighted by Crippen LogP contribution is -2.57. The summed E-state index contributed by atoms with van der Waals surface area (Å²) in [5, 5.41) is 3.64. The number of piperazine rings is 1. The van der Waals surface area contributed by atoms with Crippen LogP contribution in [-0.4, -0.2) is 61.7 Å². The van der Waals surface area contributed by atoms with Gasteiger partial charge in [0.15, 0.2) is 0 Å². The fraction of sp³-hybridized carbons (Fsp3) is 1.00. The maximum Gasteiger partial charge on any atom is 0.0137 e. The van der Waals surface area contributed by atoms with E-state index in [4.69, 9.17) is 0 Å². The lowest BCUT2D eigenvalue weighted by Gasteiger charge is -2.47. The quantitative estimate of drug-likeness (QED) is 0.776. The van der Waals surface area contributed by atoms with Crippen molar-refractivity contribution in [3.8, 4) is 0 Å². The van der Waals surface area contributed by atoms with Gasteiger partial charge in [0.25, 0.3) is 0 Å². The summed E-state index contributed by atoms with van der Waals surface area (Å²) in [5.41, 5.74) is 0. The third-order valence-electron chi connectivity index (χ3n) is 4.66. The van der Waals surface area contributed by atoms with Crippen molar-refractivity contribution < 1.29 is 0 Å². The summed E-state index contributed by atoms with van der Waals surface area (Å²) in [4.78, 5) is 5.32. The molecule has 1 heterocycles. The molecule has 2 atom stereocenters. The zero-order chi connectivity index (χ0) is 13.0. The number of likely N-dealkylation sites (N-methyl/N-ethyl adjacent to an activating group) is 1. The van der Waals surface area contributed by atoms with Crippen LogP contribution in [0, 0.1) is 11.8 Å². The van der Waals surface area contributed by atoms with Crippen molar-refractivity contribution >= 4 is 0 Å². The molecular formula is C15H31N3. The van der Waals surface area contributed by atoms with E-state index in [2.05, 4.69) is 35.9 Å². The highest BCUT2D eigenvalue weighted by Gasteiger charge is 2.36. The molecule has 2 aliphatic rings. The van der Waals surface area contributed by atoms with Crippen LogP contribution in [0.25, 0.3) is 0 Å². The highest BCUT2D eigenvalue weighted by molar-refractivity contribution is 4.91. The molecule has 1 aliphatic carbocycles. The van der Waals surface area contributed by atoms with E-state index < -0.39 is 0 Å². The van der Waals surface area contributed by atoms with Crippen LogP contribution >= 0.6 is 0 Å². The van der Waals surface area contributed by atoms with Crippen molar-refractivity contribution in [2.45, 2.75) is 39.7 Å². The predicted molar refractivity (Wildman–Crippen MR) is 77.9 cm³/mol. The second-order valence-corrected chi connectivity index (χ2v) is 6.43.